The molecule has 2 aromatic carbocycles. The van der Waals surface area contributed by atoms with Crippen molar-refractivity contribution >= 4 is 11.9 Å². The molecular formula is C28H34O5. The average Bonchev–Trinajstić information content (AvgIpc) is 2.78. The first-order chi connectivity index (χ1) is 15.7. The first-order valence-corrected chi connectivity index (χ1v) is 10.9. The standard InChI is InChI=1S/C28H34O5/c1-19(2)7-10-22-15-21(16-23(28(22)32-6)11-8-20(3)4)9-14-26(29)25-13-12-24(17-27(25)30)33-18-31-5/h7-9,12-17,30H,10-11,18H2,1-6H3/b14-9+. The predicted molar refractivity (Wildman–Crippen MR) is 133 cm³/mol. The Bertz CT molecular complexity index is 1010. The van der Waals surface area contributed by atoms with Crippen LogP contribution in [0.4, 0.5) is 0 Å². The van der Waals surface area contributed by atoms with E-state index in [4.69, 9.17) is 14.2 Å². The number of phenols is 1. The Morgan fingerprint density at radius 1 is 0.939 bits per heavy atom. The van der Waals surface area contributed by atoms with Crippen LogP contribution in [0.15, 0.2) is 59.7 Å². The smallest absolute Gasteiger partial charge is 0.189 e. The zero-order valence-electron chi connectivity index (χ0n) is 20.4. The molecule has 0 saturated heterocycles. The highest BCUT2D eigenvalue weighted by Gasteiger charge is 2.12. The average molecular weight is 451 g/mol. The van der Waals surface area contributed by atoms with Gasteiger partial charge >= 0.3 is 0 Å². The number of allylic oxidation sites excluding steroid dienone is 5. The third-order valence-electron chi connectivity index (χ3n) is 4.93. The van der Waals surface area contributed by atoms with Gasteiger partial charge in [0.1, 0.15) is 17.2 Å². The van der Waals surface area contributed by atoms with Gasteiger partial charge in [0.2, 0.25) is 0 Å². The molecule has 0 aliphatic carbocycles. The minimum Gasteiger partial charge on any atom is -0.507 e. The molecule has 0 aliphatic rings. The number of rotatable bonds is 11. The molecule has 2 aromatic rings. The summed E-state index contributed by atoms with van der Waals surface area (Å²) in [6.45, 7) is 8.33. The predicted octanol–water partition coefficient (Wildman–Crippen LogP) is 6.30. The lowest BCUT2D eigenvalue weighted by molar-refractivity contribution is 0.0510. The van der Waals surface area contributed by atoms with Crippen molar-refractivity contribution in [3.63, 3.8) is 0 Å². The molecule has 0 spiro atoms. The van der Waals surface area contributed by atoms with Crippen molar-refractivity contribution in [3.8, 4) is 17.2 Å². The van der Waals surface area contributed by atoms with E-state index >= 15 is 0 Å². The lowest BCUT2D eigenvalue weighted by Gasteiger charge is -2.14. The van der Waals surface area contributed by atoms with Gasteiger partial charge in [-0.15, -0.1) is 0 Å². The largest absolute Gasteiger partial charge is 0.507 e. The third kappa shape index (κ3) is 7.95. The molecule has 2 rings (SSSR count). The maximum absolute atomic E-state index is 12.7. The summed E-state index contributed by atoms with van der Waals surface area (Å²) < 4.78 is 15.9. The van der Waals surface area contributed by atoms with Gasteiger partial charge in [0.15, 0.2) is 12.6 Å². The minimum atomic E-state index is -0.293. The van der Waals surface area contributed by atoms with Gasteiger partial charge in [-0.05, 0) is 87.6 Å². The minimum absolute atomic E-state index is 0.0638. The first kappa shape index (κ1) is 25.9. The van der Waals surface area contributed by atoms with Crippen molar-refractivity contribution in [1.82, 2.24) is 0 Å². The molecule has 33 heavy (non-hydrogen) atoms. The fourth-order valence-corrected chi connectivity index (χ4v) is 3.27. The lowest BCUT2D eigenvalue weighted by atomic mass is 9.97. The second-order valence-electron chi connectivity index (χ2n) is 8.27. The molecule has 0 unspecified atom stereocenters. The van der Waals surface area contributed by atoms with Crippen LogP contribution in [0, 0.1) is 0 Å². The maximum Gasteiger partial charge on any atom is 0.189 e. The number of hydrogen-bond acceptors (Lipinski definition) is 5. The number of aromatic hydroxyl groups is 1. The fraction of sp³-hybridized carbons (Fsp3) is 0.321. The summed E-state index contributed by atoms with van der Waals surface area (Å²) in [6.07, 6.45) is 9.05. The highest BCUT2D eigenvalue weighted by Crippen LogP contribution is 2.29. The zero-order valence-corrected chi connectivity index (χ0v) is 20.4. The first-order valence-electron chi connectivity index (χ1n) is 10.9. The number of carbonyl (C=O) groups is 1. The van der Waals surface area contributed by atoms with Gasteiger partial charge in [-0.2, -0.15) is 0 Å². The Kier molecular flexibility index (Phi) is 9.95. The number of benzene rings is 2. The number of carbonyl (C=O) groups excluding carboxylic acids is 1. The summed E-state index contributed by atoms with van der Waals surface area (Å²) in [5.41, 5.74) is 5.69. The number of ketones is 1. The number of methoxy groups -OCH3 is 2. The van der Waals surface area contributed by atoms with Gasteiger partial charge in [-0.1, -0.05) is 29.4 Å². The normalized spacial score (nSPS) is 10.7. The van der Waals surface area contributed by atoms with Crippen LogP contribution in [0.2, 0.25) is 0 Å². The summed E-state index contributed by atoms with van der Waals surface area (Å²) in [5.74, 6) is 0.871. The highest BCUT2D eigenvalue weighted by atomic mass is 16.7. The number of hydrogen-bond donors (Lipinski definition) is 1. The van der Waals surface area contributed by atoms with Crippen LogP contribution < -0.4 is 9.47 Å². The van der Waals surface area contributed by atoms with Gasteiger partial charge in [0.25, 0.3) is 0 Å². The van der Waals surface area contributed by atoms with E-state index in [1.54, 1.807) is 25.3 Å². The van der Waals surface area contributed by atoms with Crippen molar-refractivity contribution < 1.29 is 24.1 Å². The summed E-state index contributed by atoms with van der Waals surface area (Å²) >= 11 is 0. The van der Waals surface area contributed by atoms with Gasteiger partial charge in [0, 0.05) is 13.2 Å². The highest BCUT2D eigenvalue weighted by molar-refractivity contribution is 6.08. The Morgan fingerprint density at radius 2 is 1.55 bits per heavy atom. The zero-order chi connectivity index (χ0) is 24.4. The van der Waals surface area contributed by atoms with E-state index in [9.17, 15) is 9.90 Å². The number of ether oxygens (including phenoxy) is 3. The van der Waals surface area contributed by atoms with Crippen molar-refractivity contribution in [1.29, 1.82) is 0 Å². The van der Waals surface area contributed by atoms with E-state index in [0.29, 0.717) is 5.75 Å². The van der Waals surface area contributed by atoms with E-state index in [1.807, 2.05) is 12.1 Å². The molecule has 0 aromatic heterocycles. The Hall–Kier alpha value is -3.31. The SMILES string of the molecule is COCOc1ccc(C(=O)/C=C/c2cc(CC=C(C)C)c(OC)c(CC=C(C)C)c2)c(O)c1. The van der Waals surface area contributed by atoms with Crippen molar-refractivity contribution in [2.24, 2.45) is 0 Å². The van der Waals surface area contributed by atoms with Crippen molar-refractivity contribution in [2.45, 2.75) is 40.5 Å². The van der Waals surface area contributed by atoms with E-state index in [-0.39, 0.29) is 23.9 Å². The van der Waals surface area contributed by atoms with Crippen molar-refractivity contribution in [3.05, 3.63) is 82.0 Å². The van der Waals surface area contributed by atoms with E-state index in [0.717, 1.165) is 35.3 Å². The molecule has 0 heterocycles. The van der Waals surface area contributed by atoms with E-state index in [2.05, 4.69) is 39.8 Å². The molecule has 0 aliphatic heterocycles. The van der Waals surface area contributed by atoms with E-state index in [1.165, 1.54) is 30.4 Å². The maximum atomic E-state index is 12.7. The molecule has 0 atom stereocenters. The fourth-order valence-electron chi connectivity index (χ4n) is 3.27. The molecule has 5 heteroatoms. The van der Waals surface area contributed by atoms with Crippen molar-refractivity contribution in [2.75, 3.05) is 21.0 Å². The molecule has 0 saturated carbocycles. The Balaban J connectivity index is 2.37. The van der Waals surface area contributed by atoms with Gasteiger partial charge in [-0.25, -0.2) is 0 Å². The molecule has 1 N–H and O–H groups in total. The summed E-state index contributed by atoms with van der Waals surface area (Å²) in [5, 5.41) is 10.3. The summed E-state index contributed by atoms with van der Waals surface area (Å²) in [4.78, 5) is 12.7. The molecule has 0 bridgehead atoms. The third-order valence-corrected chi connectivity index (χ3v) is 4.93. The van der Waals surface area contributed by atoms with Crippen LogP contribution in [0.25, 0.3) is 6.08 Å². The molecule has 5 nitrogen and oxygen atoms in total. The van der Waals surface area contributed by atoms with Crippen LogP contribution >= 0.6 is 0 Å². The topological polar surface area (TPSA) is 65.0 Å². The quantitative estimate of drug-likeness (QED) is 0.188. The van der Waals surface area contributed by atoms with Gasteiger partial charge < -0.3 is 19.3 Å². The van der Waals surface area contributed by atoms with Crippen LogP contribution in [0.1, 0.15) is 54.7 Å². The summed E-state index contributed by atoms with van der Waals surface area (Å²) in [6, 6.07) is 8.65. The molecule has 0 radical (unpaired) electrons. The van der Waals surface area contributed by atoms with Crippen LogP contribution in [-0.4, -0.2) is 31.9 Å². The second kappa shape index (κ2) is 12.7. The van der Waals surface area contributed by atoms with Gasteiger partial charge in [-0.3, -0.25) is 4.79 Å². The Labute approximate surface area is 197 Å². The van der Waals surface area contributed by atoms with Crippen LogP contribution in [0.3, 0.4) is 0 Å². The van der Waals surface area contributed by atoms with Crippen LogP contribution in [0.5, 0.6) is 17.2 Å². The van der Waals surface area contributed by atoms with Crippen LogP contribution in [-0.2, 0) is 17.6 Å². The van der Waals surface area contributed by atoms with Gasteiger partial charge in [0.05, 0.1) is 12.7 Å². The molecule has 176 valence electrons. The Morgan fingerprint density at radius 3 is 2.03 bits per heavy atom. The monoisotopic (exact) mass is 450 g/mol. The molecule has 0 amide bonds. The molecular weight excluding hydrogens is 416 g/mol. The van der Waals surface area contributed by atoms with E-state index < -0.39 is 0 Å². The molecule has 0 fully saturated rings. The second-order valence-corrected chi connectivity index (χ2v) is 8.27. The number of phenolic OH excluding ortho intramolecular Hbond substituents is 1. The summed E-state index contributed by atoms with van der Waals surface area (Å²) in [7, 11) is 3.20. The lowest BCUT2D eigenvalue weighted by Crippen LogP contribution is -2.00.